The van der Waals surface area contributed by atoms with E-state index in [0.29, 0.717) is 15.8 Å². The standard InChI is InChI=1S/C34H25N5O6S/c1-22-19-24(20-32-33(40)37(26-11-7-4-8-12-26)34(46-32)35-25-9-5-3-6-10-25)23(2)36(22)27-13-16-29(17-14-27)45-31-18-15-28(38(41)42)21-30(31)39(43)44/h3-21H,1-2H3/b32-20-,35-34?. The van der Waals surface area contributed by atoms with Crippen molar-refractivity contribution in [2.75, 3.05) is 4.90 Å². The van der Waals surface area contributed by atoms with Crippen LogP contribution in [-0.2, 0) is 4.79 Å². The molecule has 1 aromatic heterocycles. The van der Waals surface area contributed by atoms with Gasteiger partial charge >= 0.3 is 5.69 Å². The molecule has 5 aromatic rings. The first-order valence-corrected chi connectivity index (χ1v) is 14.8. The SMILES string of the molecule is Cc1cc(/C=C2\SC(=Nc3ccccc3)N(c3ccccc3)C2=O)c(C)n1-c1ccc(Oc2ccc([N+](=O)[O-])cc2[N+](=O)[O-])cc1. The first-order valence-electron chi connectivity index (χ1n) is 14.0. The number of hydrogen-bond donors (Lipinski definition) is 0. The average Bonchev–Trinajstić information content (AvgIpc) is 3.51. The molecule has 228 valence electrons. The number of carbonyl (C=O) groups excluding carboxylic acids is 1. The van der Waals surface area contributed by atoms with Gasteiger partial charge in [-0.15, -0.1) is 0 Å². The molecule has 1 amide bonds. The molecule has 0 N–H and O–H groups in total. The van der Waals surface area contributed by atoms with Gasteiger partial charge in [-0.2, -0.15) is 0 Å². The Labute approximate surface area is 267 Å². The Hall–Kier alpha value is -6.01. The van der Waals surface area contributed by atoms with Gasteiger partial charge in [0.25, 0.3) is 11.6 Å². The highest BCUT2D eigenvalue weighted by molar-refractivity contribution is 8.19. The number of amides is 1. The molecule has 0 aliphatic carbocycles. The van der Waals surface area contributed by atoms with Crippen LogP contribution in [0.15, 0.2) is 119 Å². The fourth-order valence-electron chi connectivity index (χ4n) is 5.08. The summed E-state index contributed by atoms with van der Waals surface area (Å²) in [4.78, 5) is 41.8. The number of nitro groups is 2. The monoisotopic (exact) mass is 631 g/mol. The maximum Gasteiger partial charge on any atom is 0.318 e. The summed E-state index contributed by atoms with van der Waals surface area (Å²) in [5.41, 5.74) is 4.07. The lowest BCUT2D eigenvalue weighted by atomic mass is 10.2. The summed E-state index contributed by atoms with van der Waals surface area (Å²) in [6.45, 7) is 3.92. The van der Waals surface area contributed by atoms with Gasteiger partial charge in [0.2, 0.25) is 5.75 Å². The van der Waals surface area contributed by atoms with Crippen LogP contribution >= 0.6 is 11.8 Å². The lowest BCUT2D eigenvalue weighted by Gasteiger charge is -2.15. The van der Waals surface area contributed by atoms with E-state index in [-0.39, 0.29) is 11.7 Å². The van der Waals surface area contributed by atoms with E-state index >= 15 is 0 Å². The lowest BCUT2D eigenvalue weighted by molar-refractivity contribution is -0.394. The van der Waals surface area contributed by atoms with Gasteiger partial charge in [0, 0.05) is 23.1 Å². The predicted octanol–water partition coefficient (Wildman–Crippen LogP) is 8.51. The number of aromatic nitrogens is 1. The Balaban J connectivity index is 1.29. The van der Waals surface area contributed by atoms with Crippen molar-refractivity contribution in [3.8, 4) is 17.2 Å². The second-order valence-corrected chi connectivity index (χ2v) is 11.2. The number of ether oxygens (including phenoxy) is 1. The van der Waals surface area contributed by atoms with Crippen LogP contribution in [0.1, 0.15) is 17.0 Å². The van der Waals surface area contributed by atoms with E-state index in [1.165, 1.54) is 17.8 Å². The summed E-state index contributed by atoms with van der Waals surface area (Å²) in [6.07, 6.45) is 1.88. The normalized spacial score (nSPS) is 14.7. The van der Waals surface area contributed by atoms with Gasteiger partial charge in [-0.05, 0) is 97.9 Å². The third-order valence-electron chi connectivity index (χ3n) is 7.23. The predicted molar refractivity (Wildman–Crippen MR) is 178 cm³/mol. The quantitative estimate of drug-likeness (QED) is 0.0952. The first kappa shape index (κ1) is 30.0. The number of carbonyl (C=O) groups is 1. The molecule has 1 saturated heterocycles. The molecule has 11 nitrogen and oxygen atoms in total. The highest BCUT2D eigenvalue weighted by Gasteiger charge is 2.35. The summed E-state index contributed by atoms with van der Waals surface area (Å²) in [7, 11) is 0. The van der Waals surface area contributed by atoms with E-state index in [2.05, 4.69) is 0 Å². The maximum absolute atomic E-state index is 13.7. The first-order chi connectivity index (χ1) is 22.2. The number of thioether (sulfide) groups is 1. The number of para-hydroxylation sites is 2. The number of non-ortho nitro benzene ring substituents is 1. The van der Waals surface area contributed by atoms with Crippen molar-refractivity contribution in [2.45, 2.75) is 13.8 Å². The Morgan fingerprint density at radius 2 is 1.48 bits per heavy atom. The third kappa shape index (κ3) is 6.01. The Morgan fingerprint density at radius 3 is 2.13 bits per heavy atom. The maximum atomic E-state index is 13.7. The number of anilines is 1. The van der Waals surface area contributed by atoms with Gasteiger partial charge in [-0.3, -0.25) is 29.9 Å². The number of rotatable bonds is 8. The minimum absolute atomic E-state index is 0.107. The molecule has 0 radical (unpaired) electrons. The molecular formula is C34H25N5O6S. The van der Waals surface area contributed by atoms with Gasteiger partial charge in [0.15, 0.2) is 5.17 Å². The zero-order valence-corrected chi connectivity index (χ0v) is 25.4. The lowest BCUT2D eigenvalue weighted by Crippen LogP contribution is -2.28. The van der Waals surface area contributed by atoms with Crippen molar-refractivity contribution >= 4 is 51.7 Å². The van der Waals surface area contributed by atoms with E-state index < -0.39 is 21.2 Å². The molecule has 0 saturated carbocycles. The summed E-state index contributed by atoms with van der Waals surface area (Å²) in [5, 5.41) is 23.1. The molecule has 0 spiro atoms. The Bertz CT molecular complexity index is 2040. The number of benzene rings is 4. The van der Waals surface area contributed by atoms with Crippen molar-refractivity contribution in [3.05, 3.63) is 151 Å². The second-order valence-electron chi connectivity index (χ2n) is 10.2. The smallest absolute Gasteiger partial charge is 0.318 e. The highest BCUT2D eigenvalue weighted by atomic mass is 32.2. The summed E-state index contributed by atoms with van der Waals surface area (Å²) in [5.74, 6) is 0.0475. The largest absolute Gasteiger partial charge is 0.450 e. The molecule has 2 heterocycles. The molecule has 4 aromatic carbocycles. The Morgan fingerprint density at radius 1 is 0.804 bits per heavy atom. The molecule has 0 atom stereocenters. The van der Waals surface area contributed by atoms with Crippen LogP contribution < -0.4 is 9.64 Å². The number of nitro benzene ring substituents is 2. The number of aliphatic imine (C=N–C) groups is 1. The zero-order valence-electron chi connectivity index (χ0n) is 24.6. The van der Waals surface area contributed by atoms with Crippen LogP contribution in [-0.4, -0.2) is 25.5 Å². The van der Waals surface area contributed by atoms with Gasteiger partial charge in [-0.25, -0.2) is 4.99 Å². The molecule has 6 rings (SSSR count). The fourth-order valence-corrected chi connectivity index (χ4v) is 6.07. The average molecular weight is 632 g/mol. The van der Waals surface area contributed by atoms with E-state index in [0.717, 1.165) is 46.1 Å². The van der Waals surface area contributed by atoms with E-state index in [4.69, 9.17) is 9.73 Å². The van der Waals surface area contributed by atoms with Crippen molar-refractivity contribution in [1.82, 2.24) is 4.57 Å². The van der Waals surface area contributed by atoms with Crippen LogP contribution in [0.25, 0.3) is 11.8 Å². The van der Waals surface area contributed by atoms with Crippen LogP contribution in [0, 0.1) is 34.1 Å². The van der Waals surface area contributed by atoms with Gasteiger partial charge in [0.05, 0.1) is 32.2 Å². The van der Waals surface area contributed by atoms with Crippen LogP contribution in [0.4, 0.5) is 22.7 Å². The molecule has 1 aliphatic rings. The van der Waals surface area contributed by atoms with Crippen LogP contribution in [0.5, 0.6) is 11.5 Å². The molecule has 1 aliphatic heterocycles. The van der Waals surface area contributed by atoms with Gasteiger partial charge in [0.1, 0.15) is 5.75 Å². The summed E-state index contributed by atoms with van der Waals surface area (Å²) in [6, 6.07) is 31.1. The number of aryl methyl sites for hydroxylation is 1. The van der Waals surface area contributed by atoms with Crippen LogP contribution in [0.3, 0.4) is 0 Å². The molecule has 0 bridgehead atoms. The topological polar surface area (TPSA) is 133 Å². The van der Waals surface area contributed by atoms with Gasteiger partial charge < -0.3 is 9.30 Å². The molecular weight excluding hydrogens is 606 g/mol. The third-order valence-corrected chi connectivity index (χ3v) is 8.20. The number of amidine groups is 1. The second kappa shape index (κ2) is 12.5. The molecule has 12 heteroatoms. The highest BCUT2D eigenvalue weighted by Crippen LogP contribution is 2.39. The number of nitrogens with zero attached hydrogens (tertiary/aromatic N) is 5. The minimum atomic E-state index is -0.720. The summed E-state index contributed by atoms with van der Waals surface area (Å²) < 4.78 is 7.75. The molecule has 46 heavy (non-hydrogen) atoms. The van der Waals surface area contributed by atoms with Gasteiger partial charge in [-0.1, -0.05) is 36.4 Å². The van der Waals surface area contributed by atoms with Crippen LogP contribution in [0.2, 0.25) is 0 Å². The summed E-state index contributed by atoms with van der Waals surface area (Å²) >= 11 is 1.32. The zero-order chi connectivity index (χ0) is 32.4. The minimum Gasteiger partial charge on any atom is -0.450 e. The van der Waals surface area contributed by atoms with Crippen molar-refractivity contribution in [3.63, 3.8) is 0 Å². The van der Waals surface area contributed by atoms with Crippen molar-refractivity contribution < 1.29 is 19.4 Å². The fraction of sp³-hybridized carbons (Fsp3) is 0.0588. The Kier molecular flexibility index (Phi) is 8.19. The molecule has 1 fully saturated rings. The van der Waals surface area contributed by atoms with Crippen molar-refractivity contribution in [1.29, 1.82) is 0 Å². The van der Waals surface area contributed by atoms with E-state index in [9.17, 15) is 25.0 Å². The van der Waals surface area contributed by atoms with E-state index in [1.807, 2.05) is 91.2 Å². The van der Waals surface area contributed by atoms with Crippen molar-refractivity contribution in [2.24, 2.45) is 4.99 Å². The molecule has 0 unspecified atom stereocenters. The number of hydrogen-bond acceptors (Lipinski definition) is 8. The van der Waals surface area contributed by atoms with E-state index in [1.54, 1.807) is 29.2 Å².